The van der Waals surface area contributed by atoms with Crippen molar-refractivity contribution in [3.8, 4) is 0 Å². The number of urea groups is 1. The van der Waals surface area contributed by atoms with Gasteiger partial charge in [-0.05, 0) is 6.42 Å². The minimum absolute atomic E-state index is 0.101. The Labute approximate surface area is 100 Å². The highest BCUT2D eigenvalue weighted by atomic mass is 16.4. The lowest BCUT2D eigenvalue weighted by Gasteiger charge is -2.14. The van der Waals surface area contributed by atoms with Gasteiger partial charge in [0, 0.05) is 27.1 Å². The number of carboxylic acid groups (broad SMARTS) is 1. The lowest BCUT2D eigenvalue weighted by Crippen LogP contribution is -2.46. The molecule has 7 nitrogen and oxygen atoms in total. The van der Waals surface area contributed by atoms with Crippen molar-refractivity contribution in [2.24, 2.45) is 0 Å². The first kappa shape index (κ1) is 15.2. The summed E-state index contributed by atoms with van der Waals surface area (Å²) in [5.74, 6) is -1.18. The van der Waals surface area contributed by atoms with E-state index in [0.717, 1.165) is 0 Å². The van der Waals surface area contributed by atoms with Gasteiger partial charge in [0.15, 0.2) is 0 Å². The van der Waals surface area contributed by atoms with Crippen molar-refractivity contribution >= 4 is 17.9 Å². The summed E-state index contributed by atoms with van der Waals surface area (Å²) in [5.41, 5.74) is 0. The van der Waals surface area contributed by atoms with Crippen LogP contribution in [0.25, 0.3) is 0 Å². The number of hydrogen-bond acceptors (Lipinski definition) is 3. The Hall–Kier alpha value is -1.79. The van der Waals surface area contributed by atoms with Gasteiger partial charge in [0.05, 0.1) is 0 Å². The highest BCUT2D eigenvalue weighted by molar-refractivity contribution is 5.83. The fourth-order valence-corrected chi connectivity index (χ4v) is 1.05. The zero-order chi connectivity index (χ0) is 13.4. The van der Waals surface area contributed by atoms with Gasteiger partial charge in [-0.1, -0.05) is 6.92 Å². The lowest BCUT2D eigenvalue weighted by molar-refractivity contribution is -0.139. The first-order valence-electron chi connectivity index (χ1n) is 5.35. The van der Waals surface area contributed by atoms with E-state index in [1.165, 1.54) is 4.90 Å². The van der Waals surface area contributed by atoms with Crippen molar-refractivity contribution in [1.29, 1.82) is 0 Å². The summed E-state index contributed by atoms with van der Waals surface area (Å²) in [7, 11) is 3.25. The molecule has 17 heavy (non-hydrogen) atoms. The Balaban J connectivity index is 3.87. The van der Waals surface area contributed by atoms with Crippen molar-refractivity contribution in [3.05, 3.63) is 0 Å². The van der Waals surface area contributed by atoms with Gasteiger partial charge < -0.3 is 20.6 Å². The Morgan fingerprint density at radius 3 is 2.29 bits per heavy atom. The van der Waals surface area contributed by atoms with Crippen LogP contribution in [0, 0.1) is 0 Å². The molecule has 0 aliphatic carbocycles. The molecule has 0 saturated carbocycles. The van der Waals surface area contributed by atoms with Gasteiger partial charge in [-0.15, -0.1) is 0 Å². The molecule has 0 radical (unpaired) electrons. The van der Waals surface area contributed by atoms with Crippen LogP contribution in [0.15, 0.2) is 0 Å². The van der Waals surface area contributed by atoms with Crippen molar-refractivity contribution in [1.82, 2.24) is 15.5 Å². The van der Waals surface area contributed by atoms with E-state index in [-0.39, 0.29) is 18.9 Å². The summed E-state index contributed by atoms with van der Waals surface area (Å²) in [5, 5.41) is 13.4. The molecule has 98 valence electrons. The number of nitrogens with zero attached hydrogens (tertiary/aromatic N) is 1. The molecule has 1 atom stereocenters. The molecule has 0 aliphatic rings. The number of aliphatic carboxylic acids is 1. The van der Waals surface area contributed by atoms with Gasteiger partial charge in [-0.3, -0.25) is 4.79 Å². The van der Waals surface area contributed by atoms with Crippen LogP contribution in [0.4, 0.5) is 4.79 Å². The second-order valence-corrected chi connectivity index (χ2v) is 3.74. The van der Waals surface area contributed by atoms with Gasteiger partial charge in [0.1, 0.15) is 6.04 Å². The first-order valence-corrected chi connectivity index (χ1v) is 5.35. The Morgan fingerprint density at radius 1 is 1.29 bits per heavy atom. The molecule has 0 spiro atoms. The summed E-state index contributed by atoms with van der Waals surface area (Å²) < 4.78 is 0. The standard InChI is InChI=1S/C10H19N3O4/c1-4-7(9(15)16)12-10(17)11-6-5-8(14)13(2)3/h7H,4-6H2,1-3H3,(H,15,16)(H2,11,12,17). The van der Waals surface area contributed by atoms with E-state index < -0.39 is 18.0 Å². The maximum Gasteiger partial charge on any atom is 0.326 e. The fourth-order valence-electron chi connectivity index (χ4n) is 1.05. The molecular formula is C10H19N3O4. The van der Waals surface area contributed by atoms with Crippen LogP contribution >= 0.6 is 0 Å². The Morgan fingerprint density at radius 2 is 1.88 bits per heavy atom. The molecule has 0 bridgehead atoms. The third-order valence-electron chi connectivity index (χ3n) is 2.13. The first-order chi connectivity index (χ1) is 7.88. The zero-order valence-corrected chi connectivity index (χ0v) is 10.3. The summed E-state index contributed by atoms with van der Waals surface area (Å²) in [6, 6.07) is -1.48. The summed E-state index contributed by atoms with van der Waals surface area (Å²) in [6.45, 7) is 1.84. The molecule has 0 aromatic heterocycles. The van der Waals surface area contributed by atoms with E-state index >= 15 is 0 Å². The smallest absolute Gasteiger partial charge is 0.326 e. The third-order valence-corrected chi connectivity index (χ3v) is 2.13. The van der Waals surface area contributed by atoms with Crippen LogP contribution < -0.4 is 10.6 Å². The minimum atomic E-state index is -1.08. The van der Waals surface area contributed by atoms with Gasteiger partial charge in [-0.2, -0.15) is 0 Å². The largest absolute Gasteiger partial charge is 0.480 e. The third kappa shape index (κ3) is 6.39. The van der Waals surface area contributed by atoms with E-state index in [1.807, 2.05) is 0 Å². The minimum Gasteiger partial charge on any atom is -0.480 e. The van der Waals surface area contributed by atoms with Crippen LogP contribution in [0.2, 0.25) is 0 Å². The van der Waals surface area contributed by atoms with Crippen LogP contribution in [0.3, 0.4) is 0 Å². The Kier molecular flexibility index (Phi) is 6.69. The summed E-state index contributed by atoms with van der Waals surface area (Å²) in [4.78, 5) is 34.5. The SMILES string of the molecule is CCC(NC(=O)NCCC(=O)N(C)C)C(=O)O. The molecule has 7 heteroatoms. The Bertz CT molecular complexity index is 291. The number of carboxylic acids is 1. The van der Waals surface area contributed by atoms with Crippen LogP contribution in [-0.4, -0.2) is 54.6 Å². The number of hydrogen-bond donors (Lipinski definition) is 3. The normalized spacial score (nSPS) is 11.5. The summed E-state index contributed by atoms with van der Waals surface area (Å²) in [6.07, 6.45) is 0.490. The van der Waals surface area contributed by atoms with E-state index in [9.17, 15) is 14.4 Å². The van der Waals surface area contributed by atoms with Gasteiger partial charge in [0.2, 0.25) is 5.91 Å². The van der Waals surface area contributed by atoms with Gasteiger partial charge >= 0.3 is 12.0 Å². The average molecular weight is 245 g/mol. The predicted octanol–water partition coefficient (Wildman–Crippen LogP) is -0.373. The number of amides is 3. The van der Waals surface area contributed by atoms with E-state index in [4.69, 9.17) is 5.11 Å². The maximum absolute atomic E-state index is 11.3. The van der Waals surface area contributed by atoms with Crippen LogP contribution in [0.5, 0.6) is 0 Å². The number of nitrogens with one attached hydrogen (secondary N) is 2. The van der Waals surface area contributed by atoms with Crippen molar-refractivity contribution in [2.45, 2.75) is 25.8 Å². The summed E-state index contributed by atoms with van der Waals surface area (Å²) >= 11 is 0. The topological polar surface area (TPSA) is 98.7 Å². The van der Waals surface area contributed by atoms with Crippen molar-refractivity contribution in [2.75, 3.05) is 20.6 Å². The molecular weight excluding hydrogens is 226 g/mol. The molecule has 0 heterocycles. The molecule has 0 fully saturated rings. The van der Waals surface area contributed by atoms with Gasteiger partial charge in [-0.25, -0.2) is 9.59 Å². The van der Waals surface area contributed by atoms with E-state index in [2.05, 4.69) is 10.6 Å². The zero-order valence-electron chi connectivity index (χ0n) is 10.3. The van der Waals surface area contributed by atoms with E-state index in [0.29, 0.717) is 6.42 Å². The van der Waals surface area contributed by atoms with E-state index in [1.54, 1.807) is 21.0 Å². The van der Waals surface area contributed by atoms with Crippen LogP contribution in [0.1, 0.15) is 19.8 Å². The lowest BCUT2D eigenvalue weighted by atomic mass is 10.2. The molecule has 3 N–H and O–H groups in total. The molecule has 3 amide bonds. The average Bonchev–Trinajstić information content (AvgIpc) is 2.25. The van der Waals surface area contributed by atoms with Crippen LogP contribution in [-0.2, 0) is 9.59 Å². The molecule has 1 unspecified atom stereocenters. The van der Waals surface area contributed by atoms with Crippen molar-refractivity contribution in [3.63, 3.8) is 0 Å². The molecule has 0 aromatic rings. The maximum atomic E-state index is 11.3. The highest BCUT2D eigenvalue weighted by Crippen LogP contribution is 1.90. The quantitative estimate of drug-likeness (QED) is 0.594. The highest BCUT2D eigenvalue weighted by Gasteiger charge is 2.17. The molecule has 0 rings (SSSR count). The second kappa shape index (κ2) is 7.48. The molecule has 0 saturated heterocycles. The molecule has 0 aliphatic heterocycles. The predicted molar refractivity (Wildman–Crippen MR) is 61.6 cm³/mol. The monoisotopic (exact) mass is 245 g/mol. The fraction of sp³-hybridized carbons (Fsp3) is 0.700. The molecule has 0 aromatic carbocycles. The van der Waals surface area contributed by atoms with Gasteiger partial charge in [0.25, 0.3) is 0 Å². The van der Waals surface area contributed by atoms with Crippen molar-refractivity contribution < 1.29 is 19.5 Å². The number of carbonyl (C=O) groups excluding carboxylic acids is 2. The number of carbonyl (C=O) groups is 3. The number of rotatable bonds is 6. The second-order valence-electron chi connectivity index (χ2n) is 3.74.